The van der Waals surface area contributed by atoms with Gasteiger partial charge in [0.25, 0.3) is 0 Å². The van der Waals surface area contributed by atoms with Crippen LogP contribution in [-0.2, 0) is 6.54 Å². The first kappa shape index (κ1) is 9.03. The number of nitrogens with zero attached hydrogens (tertiary/aromatic N) is 2. The minimum atomic E-state index is 0.770. The zero-order valence-electron chi connectivity index (χ0n) is 7.76. The summed E-state index contributed by atoms with van der Waals surface area (Å²) in [6, 6.07) is 0. The van der Waals surface area contributed by atoms with Crippen LogP contribution in [0.1, 0.15) is 12.1 Å². The zero-order chi connectivity index (χ0) is 9.26. The van der Waals surface area contributed by atoms with Gasteiger partial charge in [-0.15, -0.1) is 0 Å². The standard InChI is InChI=1S/C9H14ClN3/c1-7-9(10)6-12-13(7)3-2-8-4-11-5-8/h6,8,11H,2-5H2,1H3. The summed E-state index contributed by atoms with van der Waals surface area (Å²) in [5, 5.41) is 8.24. The highest BCUT2D eigenvalue weighted by molar-refractivity contribution is 6.31. The van der Waals surface area contributed by atoms with Crippen molar-refractivity contribution in [3.05, 3.63) is 16.9 Å². The maximum Gasteiger partial charge on any atom is 0.0814 e. The van der Waals surface area contributed by atoms with Gasteiger partial charge in [-0.25, -0.2) is 0 Å². The molecule has 0 saturated carbocycles. The van der Waals surface area contributed by atoms with E-state index in [9.17, 15) is 0 Å². The van der Waals surface area contributed by atoms with E-state index in [2.05, 4.69) is 10.4 Å². The van der Waals surface area contributed by atoms with Crippen LogP contribution >= 0.6 is 11.6 Å². The van der Waals surface area contributed by atoms with Gasteiger partial charge in [0.1, 0.15) is 0 Å². The maximum absolute atomic E-state index is 5.90. The van der Waals surface area contributed by atoms with Gasteiger partial charge in [-0.1, -0.05) is 11.6 Å². The predicted molar refractivity (Wildman–Crippen MR) is 53.0 cm³/mol. The van der Waals surface area contributed by atoms with E-state index < -0.39 is 0 Å². The predicted octanol–water partition coefficient (Wildman–Crippen LogP) is 1.45. The molecule has 0 spiro atoms. The molecule has 72 valence electrons. The van der Waals surface area contributed by atoms with E-state index in [-0.39, 0.29) is 0 Å². The average Bonchev–Trinajstić information content (AvgIpc) is 2.33. The third-order valence-corrected chi connectivity index (χ3v) is 3.03. The Kier molecular flexibility index (Phi) is 2.56. The smallest absolute Gasteiger partial charge is 0.0814 e. The van der Waals surface area contributed by atoms with Crippen molar-refractivity contribution in [2.75, 3.05) is 13.1 Å². The van der Waals surface area contributed by atoms with E-state index in [1.807, 2.05) is 11.6 Å². The van der Waals surface area contributed by atoms with Crippen LogP contribution in [0, 0.1) is 12.8 Å². The van der Waals surface area contributed by atoms with Crippen LogP contribution in [-0.4, -0.2) is 22.9 Å². The molecule has 1 aliphatic rings. The molecule has 2 rings (SSSR count). The van der Waals surface area contributed by atoms with E-state index in [4.69, 9.17) is 11.6 Å². The van der Waals surface area contributed by atoms with Crippen molar-refractivity contribution in [3.63, 3.8) is 0 Å². The van der Waals surface area contributed by atoms with Gasteiger partial charge < -0.3 is 5.32 Å². The summed E-state index contributed by atoms with van der Waals surface area (Å²) in [4.78, 5) is 0. The van der Waals surface area contributed by atoms with E-state index in [1.54, 1.807) is 6.20 Å². The van der Waals surface area contributed by atoms with Crippen LogP contribution in [0.3, 0.4) is 0 Å². The third-order valence-electron chi connectivity index (χ3n) is 2.66. The molecule has 0 unspecified atom stereocenters. The Labute approximate surface area is 83.1 Å². The Morgan fingerprint density at radius 1 is 1.69 bits per heavy atom. The molecule has 0 radical (unpaired) electrons. The van der Waals surface area contributed by atoms with Gasteiger partial charge in [0.2, 0.25) is 0 Å². The number of halogens is 1. The largest absolute Gasteiger partial charge is 0.316 e. The lowest BCUT2D eigenvalue weighted by molar-refractivity contribution is 0.306. The van der Waals surface area contributed by atoms with Crippen molar-refractivity contribution in [2.45, 2.75) is 19.9 Å². The van der Waals surface area contributed by atoms with Crippen molar-refractivity contribution >= 4 is 11.6 Å². The van der Waals surface area contributed by atoms with Gasteiger partial charge in [-0.3, -0.25) is 4.68 Å². The normalized spacial score (nSPS) is 17.4. The Morgan fingerprint density at radius 3 is 2.92 bits per heavy atom. The molecule has 3 nitrogen and oxygen atoms in total. The molecule has 1 fully saturated rings. The van der Waals surface area contributed by atoms with Gasteiger partial charge in [0.05, 0.1) is 16.9 Å². The molecule has 4 heteroatoms. The molecule has 0 amide bonds. The van der Waals surface area contributed by atoms with Gasteiger partial charge in [0.15, 0.2) is 0 Å². The monoisotopic (exact) mass is 199 g/mol. The summed E-state index contributed by atoms with van der Waals surface area (Å²) in [6.07, 6.45) is 2.92. The molecule has 2 heterocycles. The summed E-state index contributed by atoms with van der Waals surface area (Å²) in [5.74, 6) is 0.836. The highest BCUT2D eigenvalue weighted by atomic mass is 35.5. The number of aromatic nitrogens is 2. The molecule has 0 bridgehead atoms. The molecule has 1 aromatic heterocycles. The second kappa shape index (κ2) is 3.68. The van der Waals surface area contributed by atoms with E-state index in [0.29, 0.717) is 0 Å². The van der Waals surface area contributed by atoms with E-state index in [0.717, 1.165) is 36.3 Å². The second-order valence-corrected chi connectivity index (χ2v) is 4.02. The topological polar surface area (TPSA) is 29.9 Å². The number of hydrogen-bond acceptors (Lipinski definition) is 2. The highest BCUT2D eigenvalue weighted by Crippen LogP contribution is 2.15. The summed E-state index contributed by atoms with van der Waals surface area (Å²) in [6.45, 7) is 5.32. The SMILES string of the molecule is Cc1c(Cl)cnn1CCC1CNC1. The number of aryl methyl sites for hydroxylation is 1. The Balaban J connectivity index is 1.89. The zero-order valence-corrected chi connectivity index (χ0v) is 8.51. The first-order valence-electron chi connectivity index (χ1n) is 4.66. The molecule has 1 saturated heterocycles. The fraction of sp³-hybridized carbons (Fsp3) is 0.667. The van der Waals surface area contributed by atoms with Gasteiger partial charge in [-0.05, 0) is 32.4 Å². The summed E-state index contributed by atoms with van der Waals surface area (Å²) in [7, 11) is 0. The summed E-state index contributed by atoms with van der Waals surface area (Å²) >= 11 is 5.90. The third kappa shape index (κ3) is 1.86. The van der Waals surface area contributed by atoms with E-state index in [1.165, 1.54) is 6.42 Å². The first-order valence-corrected chi connectivity index (χ1v) is 5.04. The molecule has 1 N–H and O–H groups in total. The van der Waals surface area contributed by atoms with Crippen LogP contribution in [0.2, 0.25) is 5.02 Å². The number of hydrogen-bond donors (Lipinski definition) is 1. The quantitative estimate of drug-likeness (QED) is 0.799. The van der Waals surface area contributed by atoms with Crippen LogP contribution < -0.4 is 5.32 Å². The van der Waals surface area contributed by atoms with Crippen molar-refractivity contribution in [1.82, 2.24) is 15.1 Å². The van der Waals surface area contributed by atoms with E-state index >= 15 is 0 Å². The average molecular weight is 200 g/mol. The molecule has 1 aromatic rings. The van der Waals surface area contributed by atoms with Crippen LogP contribution in [0.25, 0.3) is 0 Å². The lowest BCUT2D eigenvalue weighted by Crippen LogP contribution is -2.42. The maximum atomic E-state index is 5.90. The highest BCUT2D eigenvalue weighted by Gasteiger charge is 2.16. The molecule has 1 aliphatic heterocycles. The Morgan fingerprint density at radius 2 is 2.46 bits per heavy atom. The number of rotatable bonds is 3. The Hall–Kier alpha value is -0.540. The fourth-order valence-corrected chi connectivity index (χ4v) is 1.65. The lowest BCUT2D eigenvalue weighted by Gasteiger charge is -2.26. The fourth-order valence-electron chi connectivity index (χ4n) is 1.51. The van der Waals surface area contributed by atoms with Crippen LogP contribution in [0.5, 0.6) is 0 Å². The molecular formula is C9H14ClN3. The van der Waals surface area contributed by atoms with Gasteiger partial charge >= 0.3 is 0 Å². The molecule has 0 aromatic carbocycles. The summed E-state index contributed by atoms with van der Waals surface area (Å²) in [5.41, 5.74) is 1.08. The molecule has 13 heavy (non-hydrogen) atoms. The van der Waals surface area contributed by atoms with Gasteiger partial charge in [-0.2, -0.15) is 5.10 Å². The Bertz CT molecular complexity index is 291. The minimum absolute atomic E-state index is 0.770. The number of nitrogens with one attached hydrogen (secondary N) is 1. The van der Waals surface area contributed by atoms with Crippen LogP contribution in [0.4, 0.5) is 0 Å². The first-order chi connectivity index (χ1) is 6.27. The van der Waals surface area contributed by atoms with Crippen molar-refractivity contribution in [1.29, 1.82) is 0 Å². The van der Waals surface area contributed by atoms with Crippen molar-refractivity contribution in [2.24, 2.45) is 5.92 Å². The summed E-state index contributed by atoms with van der Waals surface area (Å²) < 4.78 is 1.99. The molecule has 0 atom stereocenters. The second-order valence-electron chi connectivity index (χ2n) is 3.61. The molecule has 0 aliphatic carbocycles. The van der Waals surface area contributed by atoms with Crippen molar-refractivity contribution < 1.29 is 0 Å². The molecular weight excluding hydrogens is 186 g/mol. The van der Waals surface area contributed by atoms with Gasteiger partial charge in [0, 0.05) is 6.54 Å². The van der Waals surface area contributed by atoms with Crippen molar-refractivity contribution in [3.8, 4) is 0 Å². The minimum Gasteiger partial charge on any atom is -0.316 e. The van der Waals surface area contributed by atoms with Crippen LogP contribution in [0.15, 0.2) is 6.20 Å². The lowest BCUT2D eigenvalue weighted by atomic mass is 10.00.